The molecule has 0 bridgehead atoms. The van der Waals surface area contributed by atoms with Gasteiger partial charge in [0.25, 0.3) is 0 Å². The van der Waals surface area contributed by atoms with Gasteiger partial charge in [-0.05, 0) is 39.3 Å². The summed E-state index contributed by atoms with van der Waals surface area (Å²) in [7, 11) is 0. The van der Waals surface area contributed by atoms with E-state index in [4.69, 9.17) is 0 Å². The van der Waals surface area contributed by atoms with E-state index in [-0.39, 0.29) is 12.1 Å². The zero-order valence-corrected chi connectivity index (χ0v) is 13.6. The molecule has 3 unspecified atom stereocenters. The zero-order chi connectivity index (χ0) is 18.1. The van der Waals surface area contributed by atoms with Crippen LogP contribution in [-0.2, 0) is 4.79 Å². The number of benzene rings is 1. The highest BCUT2D eigenvalue weighted by atomic mass is 19.4. The summed E-state index contributed by atoms with van der Waals surface area (Å²) in [4.78, 5) is 11.7. The van der Waals surface area contributed by atoms with Crippen LogP contribution in [0.5, 0.6) is 0 Å². The van der Waals surface area contributed by atoms with E-state index in [0.29, 0.717) is 0 Å². The molecule has 0 saturated heterocycles. The van der Waals surface area contributed by atoms with Crippen molar-refractivity contribution in [1.82, 2.24) is 4.48 Å². The van der Waals surface area contributed by atoms with Crippen LogP contribution in [0.1, 0.15) is 34.1 Å². The number of aliphatic hydroxyl groups is 1. The Morgan fingerprint density at radius 1 is 1.17 bits per heavy atom. The van der Waals surface area contributed by atoms with Crippen molar-refractivity contribution in [2.24, 2.45) is 0 Å². The minimum Gasteiger partial charge on any atom is -0.477 e. The number of aliphatic carboxylic acids is 1. The second-order valence-electron chi connectivity index (χ2n) is 6.46. The number of aliphatic hydroxyl groups excluding tert-OH is 1. The van der Waals surface area contributed by atoms with Gasteiger partial charge in [0.05, 0.1) is 0 Å². The molecule has 0 saturated carbocycles. The molecule has 4 nitrogen and oxygen atoms in total. The van der Waals surface area contributed by atoms with Crippen LogP contribution in [0.4, 0.5) is 18.9 Å². The SMILES string of the molecule is CCC(O)C(C(=O)O)[N+](c1ccccc1)(C(C)(C)C)C(F)(F)F. The van der Waals surface area contributed by atoms with Crippen molar-refractivity contribution in [3.8, 4) is 0 Å². The van der Waals surface area contributed by atoms with Gasteiger partial charge < -0.3 is 10.2 Å². The molecular formula is C16H23F3NO3+. The molecule has 0 radical (unpaired) electrons. The smallest absolute Gasteiger partial charge is 0.477 e. The van der Waals surface area contributed by atoms with Crippen molar-refractivity contribution in [3.63, 3.8) is 0 Å². The Hall–Kier alpha value is -1.60. The van der Waals surface area contributed by atoms with E-state index in [1.54, 1.807) is 6.07 Å². The largest absolute Gasteiger partial charge is 0.567 e. The summed E-state index contributed by atoms with van der Waals surface area (Å²) < 4.78 is 41.0. The fourth-order valence-electron chi connectivity index (χ4n) is 3.12. The van der Waals surface area contributed by atoms with Gasteiger partial charge in [0, 0.05) is 0 Å². The molecule has 130 valence electrons. The summed E-state index contributed by atoms with van der Waals surface area (Å²) in [5.74, 6) is -1.68. The standard InChI is InChI=1S/C16H22F3NO3/c1-5-12(21)13(14(22)23)20(15(2,3)4,16(17,18)19)11-9-7-6-8-10-11/h6-10,12-13,21H,5H2,1-4H3/p+1. The van der Waals surface area contributed by atoms with E-state index in [0.717, 1.165) is 0 Å². The number of carboxylic acids is 1. The van der Waals surface area contributed by atoms with Crippen LogP contribution in [0.2, 0.25) is 0 Å². The summed E-state index contributed by atoms with van der Waals surface area (Å²) >= 11 is 0. The molecule has 1 rings (SSSR count). The Morgan fingerprint density at radius 3 is 1.96 bits per heavy atom. The number of quaternary nitrogens is 1. The lowest BCUT2D eigenvalue weighted by Crippen LogP contribution is -2.78. The molecule has 2 N–H and O–H groups in total. The molecule has 0 aromatic heterocycles. The Morgan fingerprint density at radius 2 is 1.65 bits per heavy atom. The molecule has 0 fully saturated rings. The van der Waals surface area contributed by atoms with Crippen LogP contribution in [0.3, 0.4) is 0 Å². The molecule has 7 heteroatoms. The van der Waals surface area contributed by atoms with Crippen LogP contribution >= 0.6 is 0 Å². The number of carbonyl (C=O) groups is 1. The lowest BCUT2D eigenvalue weighted by atomic mass is 9.91. The molecule has 0 aliphatic rings. The van der Waals surface area contributed by atoms with Crippen molar-refractivity contribution in [2.45, 2.75) is 58.1 Å². The van der Waals surface area contributed by atoms with Crippen molar-refractivity contribution < 1.29 is 28.2 Å². The van der Waals surface area contributed by atoms with Gasteiger partial charge in [0.2, 0.25) is 6.04 Å². The van der Waals surface area contributed by atoms with Gasteiger partial charge in [-0.1, -0.05) is 25.1 Å². The fraction of sp³-hybridized carbons (Fsp3) is 0.562. The molecule has 3 atom stereocenters. The highest BCUT2D eigenvalue weighted by Gasteiger charge is 2.70. The quantitative estimate of drug-likeness (QED) is 0.640. The van der Waals surface area contributed by atoms with Gasteiger partial charge in [-0.25, -0.2) is 4.79 Å². The van der Waals surface area contributed by atoms with Crippen molar-refractivity contribution in [2.75, 3.05) is 0 Å². The number of hydrogen-bond donors (Lipinski definition) is 2. The van der Waals surface area contributed by atoms with Gasteiger partial charge in [-0.15, -0.1) is 13.2 Å². The average molecular weight is 334 g/mol. The highest BCUT2D eigenvalue weighted by Crippen LogP contribution is 2.47. The molecule has 1 aromatic carbocycles. The molecule has 1 aromatic rings. The summed E-state index contributed by atoms with van der Waals surface area (Å²) in [6, 6.07) is 4.84. The van der Waals surface area contributed by atoms with Crippen molar-refractivity contribution in [1.29, 1.82) is 0 Å². The highest BCUT2D eigenvalue weighted by molar-refractivity contribution is 5.78. The maximum absolute atomic E-state index is 14.3. The van der Waals surface area contributed by atoms with Gasteiger partial charge >= 0.3 is 12.3 Å². The second-order valence-corrected chi connectivity index (χ2v) is 6.46. The zero-order valence-electron chi connectivity index (χ0n) is 13.6. The number of carboxylic acid groups (broad SMARTS) is 1. The maximum Gasteiger partial charge on any atom is 0.567 e. The Labute approximate surface area is 133 Å². The minimum atomic E-state index is -4.92. The first-order chi connectivity index (χ1) is 10.4. The number of halogens is 3. The summed E-state index contributed by atoms with van der Waals surface area (Å²) in [6.45, 7) is 5.43. The van der Waals surface area contributed by atoms with E-state index in [2.05, 4.69) is 0 Å². The van der Waals surface area contributed by atoms with Crippen LogP contribution < -0.4 is 4.48 Å². The Balaban J connectivity index is 3.88. The lowest BCUT2D eigenvalue weighted by Gasteiger charge is -2.51. The van der Waals surface area contributed by atoms with E-state index >= 15 is 0 Å². The molecule has 0 heterocycles. The molecular weight excluding hydrogens is 311 g/mol. The molecule has 0 spiro atoms. The first kappa shape index (κ1) is 19.4. The fourth-order valence-corrected chi connectivity index (χ4v) is 3.12. The number of rotatable bonds is 5. The van der Waals surface area contributed by atoms with Gasteiger partial charge in [-0.2, -0.15) is 4.48 Å². The van der Waals surface area contributed by atoms with Gasteiger partial charge in [-0.3, -0.25) is 0 Å². The predicted octanol–water partition coefficient (Wildman–Crippen LogP) is 3.54. The maximum atomic E-state index is 14.3. The van der Waals surface area contributed by atoms with E-state index in [9.17, 15) is 28.2 Å². The van der Waals surface area contributed by atoms with Gasteiger partial charge in [0.15, 0.2) is 0 Å². The average Bonchev–Trinajstić information content (AvgIpc) is 2.41. The molecule has 0 aliphatic heterocycles. The molecule has 23 heavy (non-hydrogen) atoms. The number of alkyl halides is 3. The molecule has 0 aliphatic carbocycles. The van der Waals surface area contributed by atoms with Gasteiger partial charge in [0.1, 0.15) is 17.3 Å². The Bertz CT molecular complexity index is 524. The van der Waals surface area contributed by atoms with E-state index in [1.165, 1.54) is 52.0 Å². The normalized spacial score (nSPS) is 18.1. The first-order valence-corrected chi connectivity index (χ1v) is 7.33. The minimum absolute atomic E-state index is 0.101. The predicted molar refractivity (Wildman–Crippen MR) is 81.8 cm³/mol. The lowest BCUT2D eigenvalue weighted by molar-refractivity contribution is -0.283. The number of nitrogens with zero attached hydrogens (tertiary/aromatic N) is 1. The summed E-state index contributed by atoms with van der Waals surface area (Å²) in [5, 5.41) is 19.6. The van der Waals surface area contributed by atoms with Crippen LogP contribution in [-0.4, -0.2) is 40.2 Å². The third kappa shape index (κ3) is 3.21. The Kier molecular flexibility index (Phi) is 5.49. The third-order valence-corrected chi connectivity index (χ3v) is 4.07. The number of hydrogen-bond acceptors (Lipinski definition) is 2. The van der Waals surface area contributed by atoms with Crippen molar-refractivity contribution in [3.05, 3.63) is 30.3 Å². The van der Waals surface area contributed by atoms with E-state index in [1.807, 2.05) is 0 Å². The second kappa shape index (κ2) is 6.49. The van der Waals surface area contributed by atoms with Crippen LogP contribution in [0, 0.1) is 0 Å². The van der Waals surface area contributed by atoms with Crippen molar-refractivity contribution >= 4 is 11.7 Å². The van der Waals surface area contributed by atoms with Crippen LogP contribution in [0.25, 0.3) is 0 Å². The first-order valence-electron chi connectivity index (χ1n) is 7.33. The summed E-state index contributed by atoms with van der Waals surface area (Å²) in [5.41, 5.74) is -1.76. The topological polar surface area (TPSA) is 57.5 Å². The monoisotopic (exact) mass is 334 g/mol. The van der Waals surface area contributed by atoms with Crippen LogP contribution in [0.15, 0.2) is 30.3 Å². The number of para-hydroxylation sites is 1. The summed E-state index contributed by atoms with van der Waals surface area (Å²) in [6.07, 6.45) is -6.66. The van der Waals surface area contributed by atoms with E-state index < -0.39 is 34.4 Å². The molecule has 0 amide bonds. The third-order valence-electron chi connectivity index (χ3n) is 4.07.